The van der Waals surface area contributed by atoms with E-state index in [4.69, 9.17) is 20.4 Å². The van der Waals surface area contributed by atoms with Crippen molar-refractivity contribution >= 4 is 83.0 Å². The Morgan fingerprint density at radius 2 is 0.739 bits per heavy atom. The Balaban J connectivity index is -0.000000602. The van der Waals surface area contributed by atoms with Gasteiger partial charge in [0, 0.05) is 29.6 Å². The Kier molecular flexibility index (Phi) is 23.2. The molecular weight excluding hydrogens is 381 g/mol. The van der Waals surface area contributed by atoms with Gasteiger partial charge in [-0.15, -0.1) is 0 Å². The van der Waals surface area contributed by atoms with E-state index in [0.717, 1.165) is 9.80 Å². The van der Waals surface area contributed by atoms with Gasteiger partial charge in [-0.1, -0.05) is 0 Å². The molecule has 23 heavy (non-hydrogen) atoms. The number of rotatable bonds is 11. The molecule has 0 unspecified atom stereocenters. The second kappa shape index (κ2) is 17.1. The van der Waals surface area contributed by atoms with Gasteiger partial charge >= 0.3 is 83.0 Å². The minimum absolute atomic E-state index is 0. The summed E-state index contributed by atoms with van der Waals surface area (Å²) >= 11 is 0. The summed E-state index contributed by atoms with van der Waals surface area (Å²) in [5.74, 6) is -4.91. The summed E-state index contributed by atoms with van der Waals surface area (Å²) in [6, 6.07) is 0. The Hall–Kier alpha value is 0.294. The first-order chi connectivity index (χ1) is 9.20. The second-order valence-electron chi connectivity index (χ2n) is 4.00. The summed E-state index contributed by atoms with van der Waals surface area (Å²) in [7, 11) is 0. The molecule has 0 aromatic carbocycles. The second-order valence-corrected chi connectivity index (χ2v) is 4.00. The van der Waals surface area contributed by atoms with E-state index in [-0.39, 0.29) is 88.7 Å². The van der Waals surface area contributed by atoms with Gasteiger partial charge in [-0.3, -0.25) is 29.0 Å². The molecule has 0 rings (SSSR count). The van der Waals surface area contributed by atoms with Crippen molar-refractivity contribution in [3.05, 3.63) is 0 Å². The van der Waals surface area contributed by atoms with Crippen molar-refractivity contribution in [3.63, 3.8) is 0 Å². The summed E-state index contributed by atoms with van der Waals surface area (Å²) in [6.45, 7) is -2.25. The van der Waals surface area contributed by atoms with Crippen LogP contribution in [0.1, 0.15) is 0 Å². The van der Waals surface area contributed by atoms with Crippen molar-refractivity contribution in [1.82, 2.24) is 9.80 Å². The zero-order chi connectivity index (χ0) is 15.7. The van der Waals surface area contributed by atoms with Crippen LogP contribution < -0.4 is 0 Å². The molecule has 0 aliphatic heterocycles. The van der Waals surface area contributed by atoms with Crippen LogP contribution in [0.5, 0.6) is 0 Å². The van der Waals surface area contributed by atoms with Gasteiger partial charge in [0.25, 0.3) is 0 Å². The van der Waals surface area contributed by atoms with E-state index >= 15 is 0 Å². The van der Waals surface area contributed by atoms with Crippen LogP contribution in [-0.4, -0.2) is 152 Å². The minimum Gasteiger partial charge on any atom is 0 e. The number of carboxylic acids is 4. The van der Waals surface area contributed by atoms with Crippen LogP contribution >= 0.6 is 0 Å². The third-order valence-corrected chi connectivity index (χ3v) is 2.17. The molecule has 0 aliphatic carbocycles. The van der Waals surface area contributed by atoms with Gasteiger partial charge in [0.2, 0.25) is 0 Å². The zero-order valence-corrected chi connectivity index (χ0v) is 11.9. The van der Waals surface area contributed by atoms with Crippen molar-refractivity contribution in [2.24, 2.45) is 0 Å². The van der Waals surface area contributed by atoms with Crippen molar-refractivity contribution in [2.45, 2.75) is 0 Å². The maximum Gasteiger partial charge on any atom is 0 e. The Morgan fingerprint density at radius 1 is 0.565 bits per heavy atom. The van der Waals surface area contributed by atoms with Crippen molar-refractivity contribution in [3.8, 4) is 0 Å². The first kappa shape index (κ1) is 31.1. The largest absolute Gasteiger partial charge is 0 e. The maximum absolute atomic E-state index is 10.6. The molecule has 4 N–H and O–H groups in total. The normalized spacial score (nSPS) is 9.30. The Morgan fingerprint density at radius 3 is 0.870 bits per heavy atom. The topological polar surface area (TPSA) is 156 Å². The van der Waals surface area contributed by atoms with Crippen molar-refractivity contribution in [2.75, 3.05) is 39.3 Å². The van der Waals surface area contributed by atoms with E-state index in [1.165, 1.54) is 0 Å². The molecule has 0 radical (unpaired) electrons. The van der Waals surface area contributed by atoms with E-state index < -0.39 is 50.1 Å². The van der Waals surface area contributed by atoms with Gasteiger partial charge in [0.05, 0.1) is 26.2 Å². The molecule has 0 saturated heterocycles. The average Bonchev–Trinajstić information content (AvgIpc) is 2.22. The van der Waals surface area contributed by atoms with Gasteiger partial charge in [0.15, 0.2) is 0 Å². The molecule has 0 fully saturated rings. The molecule has 0 aromatic rings. The molecule has 0 aromatic heterocycles. The molecule has 0 spiro atoms. The van der Waals surface area contributed by atoms with E-state index in [1.54, 1.807) is 0 Å². The molecule has 13 heteroatoms. The van der Waals surface area contributed by atoms with Gasteiger partial charge in [0.1, 0.15) is 0 Å². The van der Waals surface area contributed by atoms with Gasteiger partial charge in [-0.25, -0.2) is 0 Å². The zero-order valence-electron chi connectivity index (χ0n) is 10.9. The van der Waals surface area contributed by atoms with Crippen LogP contribution in [0.25, 0.3) is 0 Å². The fourth-order valence-electron chi connectivity index (χ4n) is 1.48. The van der Waals surface area contributed by atoms with Gasteiger partial charge in [-0.2, -0.15) is 0 Å². The number of carbonyl (C=O) groups is 4. The SMILES string of the molecule is O=C(O)CN(CCN(CC(=O)O)CC(=O)O)CC(=O)O.[NaH].[NaH].[Ni]. The molecule has 10 nitrogen and oxygen atoms in total. The van der Waals surface area contributed by atoms with E-state index in [9.17, 15) is 19.2 Å². The fraction of sp³-hybridized carbons (Fsp3) is 0.600. The summed E-state index contributed by atoms with van der Waals surface area (Å²) < 4.78 is 0. The van der Waals surface area contributed by atoms with E-state index in [1.807, 2.05) is 0 Å². The van der Waals surface area contributed by atoms with E-state index in [2.05, 4.69) is 0 Å². The molecule has 0 saturated carbocycles. The summed E-state index contributed by atoms with van der Waals surface area (Å²) in [5.41, 5.74) is 0. The van der Waals surface area contributed by atoms with Crippen LogP contribution in [0.4, 0.5) is 0 Å². The Bertz CT molecular complexity index is 331. The number of aliphatic carboxylic acids is 4. The minimum atomic E-state index is -1.23. The summed E-state index contributed by atoms with van der Waals surface area (Å²) in [5, 5.41) is 34.5. The van der Waals surface area contributed by atoms with Crippen LogP contribution in [0.3, 0.4) is 0 Å². The molecule has 0 heterocycles. The smallest absolute Gasteiger partial charge is 0 e. The van der Waals surface area contributed by atoms with Gasteiger partial charge in [-0.05, 0) is 0 Å². The first-order valence-corrected chi connectivity index (χ1v) is 5.52. The van der Waals surface area contributed by atoms with Crippen molar-refractivity contribution < 1.29 is 56.1 Å². The van der Waals surface area contributed by atoms with Gasteiger partial charge < -0.3 is 20.4 Å². The molecule has 128 valence electrons. The van der Waals surface area contributed by atoms with Crippen LogP contribution in [-0.2, 0) is 35.7 Å². The van der Waals surface area contributed by atoms with Crippen molar-refractivity contribution in [1.29, 1.82) is 0 Å². The van der Waals surface area contributed by atoms with Crippen LogP contribution in [0, 0.1) is 0 Å². The monoisotopic (exact) mass is 398 g/mol. The van der Waals surface area contributed by atoms with Crippen LogP contribution in [0.15, 0.2) is 0 Å². The molecular formula is C10H18N2Na2NiO8. The number of carboxylic acid groups (broad SMARTS) is 4. The fourth-order valence-corrected chi connectivity index (χ4v) is 1.48. The molecule has 0 amide bonds. The number of hydrogen-bond acceptors (Lipinski definition) is 6. The third-order valence-electron chi connectivity index (χ3n) is 2.17. The Labute approximate surface area is 186 Å². The standard InChI is InChI=1S/C10H16N2O8.2Na.Ni.2H/c13-7(14)3-11(4-8(15)16)1-2-12(5-9(17)18)6-10(19)20;;;;;/h1-6H2,(H,13,14)(H,15,16)(H,17,18)(H,19,20);;;;;. The summed E-state index contributed by atoms with van der Waals surface area (Å²) in [6.07, 6.45) is 0. The number of nitrogens with zero attached hydrogens (tertiary/aromatic N) is 2. The quantitative estimate of drug-likeness (QED) is 0.259. The predicted octanol–water partition coefficient (Wildman–Crippen LogP) is -3.37. The van der Waals surface area contributed by atoms with E-state index in [0.29, 0.717) is 0 Å². The number of hydrogen-bond donors (Lipinski definition) is 4. The molecule has 0 aliphatic rings. The third kappa shape index (κ3) is 20.2. The maximum atomic E-state index is 10.6. The summed E-state index contributed by atoms with van der Waals surface area (Å²) in [4.78, 5) is 44.4. The average molecular weight is 399 g/mol. The molecule has 0 atom stereocenters. The first-order valence-electron chi connectivity index (χ1n) is 5.52. The van der Waals surface area contributed by atoms with Crippen LogP contribution in [0.2, 0.25) is 0 Å². The molecule has 0 bridgehead atoms. The predicted molar refractivity (Wildman–Crippen MR) is 77.7 cm³/mol.